The molecule has 26 heavy (non-hydrogen) atoms. The second-order valence-electron chi connectivity index (χ2n) is 8.53. The van der Waals surface area contributed by atoms with Crippen LogP contribution < -0.4 is 0 Å². The maximum absolute atomic E-state index is 14.8. The summed E-state index contributed by atoms with van der Waals surface area (Å²) in [5.41, 5.74) is 0. The van der Waals surface area contributed by atoms with Gasteiger partial charge in [-0.1, -0.05) is 0 Å². The fourth-order valence-electron chi connectivity index (χ4n) is 5.59. The van der Waals surface area contributed by atoms with Gasteiger partial charge in [-0.3, -0.25) is 0 Å². The van der Waals surface area contributed by atoms with Gasteiger partial charge in [-0.25, -0.2) is 26.3 Å². The SMILES string of the molecule is FC(F)C1C(F)CC(C2C(F)CC(C3CCC(Cl)CC3)CC2F)CC1F. The first-order valence-corrected chi connectivity index (χ1v) is 10.2. The Morgan fingerprint density at radius 3 is 1.54 bits per heavy atom. The number of hydrogen-bond donors (Lipinski definition) is 0. The van der Waals surface area contributed by atoms with Gasteiger partial charge < -0.3 is 0 Å². The largest absolute Gasteiger partial charge is 0.247 e. The molecule has 0 aliphatic heterocycles. The van der Waals surface area contributed by atoms with Gasteiger partial charge in [0.15, 0.2) is 0 Å². The van der Waals surface area contributed by atoms with Crippen molar-refractivity contribution < 1.29 is 26.3 Å². The molecule has 0 radical (unpaired) electrons. The predicted molar refractivity (Wildman–Crippen MR) is 89.6 cm³/mol. The third-order valence-corrected chi connectivity index (χ3v) is 7.42. The zero-order chi connectivity index (χ0) is 19.0. The van der Waals surface area contributed by atoms with Crippen molar-refractivity contribution in [3.8, 4) is 0 Å². The number of rotatable bonds is 3. The summed E-state index contributed by atoms with van der Waals surface area (Å²) < 4.78 is 83.3. The molecular weight excluding hydrogens is 378 g/mol. The van der Waals surface area contributed by atoms with E-state index in [4.69, 9.17) is 11.6 Å². The summed E-state index contributed by atoms with van der Waals surface area (Å²) in [4.78, 5) is 0. The third kappa shape index (κ3) is 4.30. The Hall–Kier alpha value is -0.130. The van der Waals surface area contributed by atoms with Crippen LogP contribution in [-0.2, 0) is 0 Å². The Balaban J connectivity index is 1.62. The van der Waals surface area contributed by atoms with E-state index in [2.05, 4.69) is 0 Å². The first-order valence-electron chi connectivity index (χ1n) is 9.76. The van der Waals surface area contributed by atoms with Crippen molar-refractivity contribution in [2.45, 2.75) is 87.9 Å². The summed E-state index contributed by atoms with van der Waals surface area (Å²) in [6.45, 7) is 0. The van der Waals surface area contributed by atoms with Crippen molar-refractivity contribution in [2.24, 2.45) is 29.6 Å². The van der Waals surface area contributed by atoms with E-state index in [9.17, 15) is 26.3 Å². The van der Waals surface area contributed by atoms with Crippen molar-refractivity contribution in [1.82, 2.24) is 0 Å². The lowest BCUT2D eigenvalue weighted by Crippen LogP contribution is -2.48. The Morgan fingerprint density at radius 2 is 1.08 bits per heavy atom. The summed E-state index contributed by atoms with van der Waals surface area (Å²) in [7, 11) is 0. The summed E-state index contributed by atoms with van der Waals surface area (Å²) in [6.07, 6.45) is -7.02. The van der Waals surface area contributed by atoms with E-state index in [1.54, 1.807) is 0 Å². The molecule has 0 bridgehead atoms. The summed E-state index contributed by atoms with van der Waals surface area (Å²) in [5.74, 6) is -3.71. The van der Waals surface area contributed by atoms with Crippen molar-refractivity contribution in [3.05, 3.63) is 0 Å². The van der Waals surface area contributed by atoms with E-state index < -0.39 is 48.9 Å². The van der Waals surface area contributed by atoms with Crippen LogP contribution in [0.2, 0.25) is 0 Å². The smallest absolute Gasteiger partial charge is 0.247 e. The summed E-state index contributed by atoms with van der Waals surface area (Å²) in [5, 5.41) is 0.137. The van der Waals surface area contributed by atoms with Crippen LogP contribution >= 0.6 is 11.6 Å². The molecule has 0 aromatic carbocycles. The van der Waals surface area contributed by atoms with E-state index in [0.717, 1.165) is 25.7 Å². The number of alkyl halides is 7. The maximum Gasteiger partial charge on any atom is 0.247 e. The maximum atomic E-state index is 14.8. The standard InChI is InChI=1S/C19H27ClF6/c20-12-3-1-9(2-4-12)10-5-13(21)17(14(22)6-10)11-7-15(23)18(19(25)26)16(24)8-11/h9-19H,1-8H2. The molecule has 4 atom stereocenters. The van der Waals surface area contributed by atoms with Gasteiger partial charge in [-0.2, -0.15) is 0 Å². The molecule has 0 amide bonds. The van der Waals surface area contributed by atoms with E-state index in [-0.39, 0.29) is 42.9 Å². The van der Waals surface area contributed by atoms with Gasteiger partial charge in [0, 0.05) is 11.3 Å². The van der Waals surface area contributed by atoms with Gasteiger partial charge in [0.2, 0.25) is 6.43 Å². The van der Waals surface area contributed by atoms with Gasteiger partial charge in [-0.05, 0) is 69.1 Å². The Morgan fingerprint density at radius 1 is 0.615 bits per heavy atom. The molecular formula is C19H27ClF6. The molecule has 4 unspecified atom stereocenters. The molecule has 0 nitrogen and oxygen atoms in total. The Labute approximate surface area is 156 Å². The van der Waals surface area contributed by atoms with Crippen molar-refractivity contribution in [2.75, 3.05) is 0 Å². The molecule has 0 spiro atoms. The van der Waals surface area contributed by atoms with Crippen LogP contribution in [0.3, 0.4) is 0 Å². The molecule has 3 rings (SSSR count). The highest BCUT2D eigenvalue weighted by Crippen LogP contribution is 2.49. The lowest BCUT2D eigenvalue weighted by atomic mass is 9.63. The van der Waals surface area contributed by atoms with Crippen LogP contribution in [0.5, 0.6) is 0 Å². The van der Waals surface area contributed by atoms with Gasteiger partial charge in [0.05, 0.1) is 5.92 Å². The highest BCUT2D eigenvalue weighted by Gasteiger charge is 2.51. The third-order valence-electron chi connectivity index (χ3n) is 6.99. The van der Waals surface area contributed by atoms with Gasteiger partial charge in [0.25, 0.3) is 0 Å². The van der Waals surface area contributed by atoms with Crippen LogP contribution in [0.15, 0.2) is 0 Å². The topological polar surface area (TPSA) is 0 Å². The van der Waals surface area contributed by atoms with Crippen LogP contribution in [-0.4, -0.2) is 36.5 Å². The summed E-state index contributed by atoms with van der Waals surface area (Å²) >= 11 is 6.09. The average Bonchev–Trinajstić information content (AvgIpc) is 2.53. The van der Waals surface area contributed by atoms with Crippen LogP contribution in [0.25, 0.3) is 0 Å². The van der Waals surface area contributed by atoms with Gasteiger partial charge in [-0.15, -0.1) is 11.6 Å². The minimum Gasteiger partial charge on any atom is -0.247 e. The highest BCUT2D eigenvalue weighted by atomic mass is 35.5. The van der Waals surface area contributed by atoms with Crippen molar-refractivity contribution in [1.29, 1.82) is 0 Å². The van der Waals surface area contributed by atoms with E-state index in [0.29, 0.717) is 0 Å². The first-order chi connectivity index (χ1) is 12.3. The lowest BCUT2D eigenvalue weighted by molar-refractivity contribution is -0.0869. The Kier molecular flexibility index (Phi) is 6.72. The molecule has 0 aromatic heterocycles. The molecule has 7 heteroatoms. The molecule has 3 aliphatic rings. The molecule has 3 fully saturated rings. The quantitative estimate of drug-likeness (QED) is 0.374. The average molecular weight is 405 g/mol. The minimum absolute atomic E-state index is 0.0693. The molecule has 3 aliphatic carbocycles. The van der Waals surface area contributed by atoms with E-state index >= 15 is 0 Å². The van der Waals surface area contributed by atoms with Crippen molar-refractivity contribution in [3.63, 3.8) is 0 Å². The Bertz CT molecular complexity index is 431. The second-order valence-corrected chi connectivity index (χ2v) is 9.15. The molecule has 0 heterocycles. The van der Waals surface area contributed by atoms with Crippen LogP contribution in [0.1, 0.15) is 51.4 Å². The fraction of sp³-hybridized carbons (Fsp3) is 1.00. The molecule has 0 N–H and O–H groups in total. The minimum atomic E-state index is -3.09. The monoisotopic (exact) mass is 404 g/mol. The molecule has 0 saturated heterocycles. The van der Waals surface area contributed by atoms with Crippen LogP contribution in [0, 0.1) is 29.6 Å². The lowest BCUT2D eigenvalue weighted by Gasteiger charge is -2.45. The predicted octanol–water partition coefficient (Wildman–Crippen LogP) is 6.45. The van der Waals surface area contributed by atoms with E-state index in [1.807, 2.05) is 0 Å². The zero-order valence-electron chi connectivity index (χ0n) is 14.7. The summed E-state index contributed by atoms with van der Waals surface area (Å²) in [6, 6.07) is 0. The van der Waals surface area contributed by atoms with Crippen LogP contribution in [0.4, 0.5) is 26.3 Å². The van der Waals surface area contributed by atoms with E-state index in [1.165, 1.54) is 0 Å². The number of hydrogen-bond acceptors (Lipinski definition) is 0. The van der Waals surface area contributed by atoms with Gasteiger partial charge in [0.1, 0.15) is 24.7 Å². The molecule has 0 aromatic rings. The second kappa shape index (κ2) is 8.48. The molecule has 152 valence electrons. The highest BCUT2D eigenvalue weighted by molar-refractivity contribution is 6.20. The fourth-order valence-corrected chi connectivity index (χ4v) is 5.84. The molecule has 3 saturated carbocycles. The first kappa shape index (κ1) is 20.6. The zero-order valence-corrected chi connectivity index (χ0v) is 15.4. The normalized spacial score (nSPS) is 50.8. The number of halogens is 7. The van der Waals surface area contributed by atoms with Crippen molar-refractivity contribution >= 4 is 11.6 Å². The van der Waals surface area contributed by atoms with Gasteiger partial charge >= 0.3 is 0 Å².